The number of aliphatic hydroxyl groups is 1. The molecule has 0 aliphatic rings. The third-order valence-electron chi connectivity index (χ3n) is 2.46. The normalized spacial score (nSPS) is 10.6. The maximum absolute atomic E-state index is 13.4. The first kappa shape index (κ1) is 14.7. The van der Waals surface area contributed by atoms with Crippen LogP contribution in [0.2, 0.25) is 0 Å². The van der Waals surface area contributed by atoms with E-state index in [1.54, 1.807) is 12.1 Å². The van der Waals surface area contributed by atoms with Gasteiger partial charge in [-0.15, -0.1) is 0 Å². The lowest BCUT2D eigenvalue weighted by Crippen LogP contribution is -2.22. The van der Waals surface area contributed by atoms with Gasteiger partial charge in [0.2, 0.25) is 0 Å². The van der Waals surface area contributed by atoms with Gasteiger partial charge in [0.15, 0.2) is 0 Å². The van der Waals surface area contributed by atoms with Crippen LogP contribution in [0, 0.1) is 23.6 Å². The van der Waals surface area contributed by atoms with E-state index in [1.165, 1.54) is 6.07 Å². The van der Waals surface area contributed by atoms with Gasteiger partial charge in [0, 0.05) is 13.1 Å². The molecule has 0 unspecified atom stereocenters. The Kier molecular flexibility index (Phi) is 5.84. The fourth-order valence-electron chi connectivity index (χ4n) is 1.90. The Bertz CT molecular complexity index is 446. The highest BCUT2D eigenvalue weighted by molar-refractivity contribution is 5.38. The predicted octanol–water partition coefficient (Wildman–Crippen LogP) is 2.26. The molecule has 1 rings (SSSR count). The zero-order valence-electron chi connectivity index (χ0n) is 11.2. The van der Waals surface area contributed by atoms with Crippen LogP contribution in [0.25, 0.3) is 0 Å². The highest BCUT2D eigenvalue weighted by atomic mass is 19.1. The Labute approximate surface area is 108 Å². The van der Waals surface area contributed by atoms with Crippen LogP contribution in [0.1, 0.15) is 25.0 Å². The van der Waals surface area contributed by atoms with Crippen LogP contribution in [-0.4, -0.2) is 30.2 Å². The number of halogens is 1. The highest BCUT2D eigenvalue weighted by Gasteiger charge is 2.05. The molecule has 0 saturated carbocycles. The second-order valence-corrected chi connectivity index (χ2v) is 4.86. The minimum Gasteiger partial charge on any atom is -0.384 e. The summed E-state index contributed by atoms with van der Waals surface area (Å²) in [6.07, 6.45) is 0. The smallest absolute Gasteiger partial charge is 0.138 e. The van der Waals surface area contributed by atoms with E-state index in [4.69, 9.17) is 5.11 Å². The molecule has 0 amide bonds. The number of hydrogen-bond acceptors (Lipinski definition) is 2. The lowest BCUT2D eigenvalue weighted by atomic mass is 10.1. The standard InChI is InChI=1S/C15H20FNO/c1-12(2)10-17(3)11-13-6-7-15(16)14(9-13)5-4-8-18/h6-7,9,12,18H,8,10-11H2,1-3H3. The van der Waals surface area contributed by atoms with Crippen molar-refractivity contribution < 1.29 is 9.50 Å². The molecular formula is C15H20FNO. The van der Waals surface area contributed by atoms with Crippen molar-refractivity contribution >= 4 is 0 Å². The second kappa shape index (κ2) is 7.15. The van der Waals surface area contributed by atoms with Crippen LogP contribution in [-0.2, 0) is 6.54 Å². The molecule has 0 bridgehead atoms. The van der Waals surface area contributed by atoms with Crippen molar-refractivity contribution in [3.63, 3.8) is 0 Å². The van der Waals surface area contributed by atoms with Gasteiger partial charge in [-0.05, 0) is 30.7 Å². The molecule has 0 spiro atoms. The molecule has 18 heavy (non-hydrogen) atoms. The molecule has 0 saturated heterocycles. The summed E-state index contributed by atoms with van der Waals surface area (Å²) in [6.45, 7) is 5.84. The molecule has 2 nitrogen and oxygen atoms in total. The zero-order valence-corrected chi connectivity index (χ0v) is 11.2. The molecule has 1 aromatic rings. The summed E-state index contributed by atoms with van der Waals surface area (Å²) in [6, 6.07) is 4.95. The molecular weight excluding hydrogens is 229 g/mol. The number of nitrogens with zero attached hydrogens (tertiary/aromatic N) is 1. The largest absolute Gasteiger partial charge is 0.384 e. The van der Waals surface area contributed by atoms with Crippen LogP contribution >= 0.6 is 0 Å². The fourth-order valence-corrected chi connectivity index (χ4v) is 1.90. The summed E-state index contributed by atoms with van der Waals surface area (Å²) in [5.41, 5.74) is 1.38. The third kappa shape index (κ3) is 4.87. The maximum Gasteiger partial charge on any atom is 0.138 e. The Morgan fingerprint density at radius 2 is 2.11 bits per heavy atom. The van der Waals surface area contributed by atoms with E-state index >= 15 is 0 Å². The van der Waals surface area contributed by atoms with E-state index in [1.807, 2.05) is 7.05 Å². The van der Waals surface area contributed by atoms with Gasteiger partial charge in [-0.25, -0.2) is 4.39 Å². The summed E-state index contributed by atoms with van der Waals surface area (Å²) in [5.74, 6) is 5.35. The first-order valence-corrected chi connectivity index (χ1v) is 6.09. The maximum atomic E-state index is 13.4. The summed E-state index contributed by atoms with van der Waals surface area (Å²) < 4.78 is 13.4. The molecule has 1 N–H and O–H groups in total. The van der Waals surface area contributed by atoms with Gasteiger partial charge in [-0.3, -0.25) is 0 Å². The number of aliphatic hydroxyl groups excluding tert-OH is 1. The van der Waals surface area contributed by atoms with Crippen molar-refractivity contribution in [2.24, 2.45) is 5.92 Å². The molecule has 0 radical (unpaired) electrons. The van der Waals surface area contributed by atoms with Crippen molar-refractivity contribution in [3.8, 4) is 11.8 Å². The van der Waals surface area contributed by atoms with Gasteiger partial charge >= 0.3 is 0 Å². The highest BCUT2D eigenvalue weighted by Crippen LogP contribution is 2.12. The van der Waals surface area contributed by atoms with Crippen molar-refractivity contribution in [1.82, 2.24) is 4.90 Å². The third-order valence-corrected chi connectivity index (χ3v) is 2.46. The first-order chi connectivity index (χ1) is 8.52. The Balaban J connectivity index is 2.78. The number of benzene rings is 1. The van der Waals surface area contributed by atoms with Gasteiger partial charge in [0.05, 0.1) is 5.56 Å². The fraction of sp³-hybridized carbons (Fsp3) is 0.467. The molecule has 0 aliphatic carbocycles. The average Bonchev–Trinajstić information content (AvgIpc) is 2.28. The van der Waals surface area contributed by atoms with Crippen LogP contribution in [0.15, 0.2) is 18.2 Å². The van der Waals surface area contributed by atoms with Crippen molar-refractivity contribution in [3.05, 3.63) is 35.1 Å². The summed E-state index contributed by atoms with van der Waals surface area (Å²) in [7, 11) is 2.04. The van der Waals surface area contributed by atoms with E-state index in [9.17, 15) is 4.39 Å². The van der Waals surface area contributed by atoms with Crippen molar-refractivity contribution in [1.29, 1.82) is 0 Å². The molecule has 3 heteroatoms. The predicted molar refractivity (Wildman–Crippen MR) is 71.5 cm³/mol. The van der Waals surface area contributed by atoms with E-state index < -0.39 is 0 Å². The molecule has 1 aromatic carbocycles. The topological polar surface area (TPSA) is 23.5 Å². The van der Waals surface area contributed by atoms with Crippen LogP contribution in [0.3, 0.4) is 0 Å². The molecule has 0 aliphatic heterocycles. The molecule has 0 fully saturated rings. The quantitative estimate of drug-likeness (QED) is 0.827. The first-order valence-electron chi connectivity index (χ1n) is 6.09. The zero-order chi connectivity index (χ0) is 13.5. The Hall–Kier alpha value is -1.37. The second-order valence-electron chi connectivity index (χ2n) is 4.86. The summed E-state index contributed by atoms with van der Waals surface area (Å²) in [4.78, 5) is 2.20. The van der Waals surface area contributed by atoms with Gasteiger partial charge in [0.1, 0.15) is 12.4 Å². The van der Waals surface area contributed by atoms with Gasteiger partial charge in [-0.2, -0.15) is 0 Å². The Morgan fingerprint density at radius 1 is 1.39 bits per heavy atom. The molecule has 0 atom stereocenters. The lowest BCUT2D eigenvalue weighted by molar-refractivity contribution is 0.288. The molecule has 0 aromatic heterocycles. The van der Waals surface area contributed by atoms with Crippen molar-refractivity contribution in [2.45, 2.75) is 20.4 Å². The van der Waals surface area contributed by atoms with E-state index in [0.717, 1.165) is 18.7 Å². The van der Waals surface area contributed by atoms with Crippen LogP contribution in [0.5, 0.6) is 0 Å². The van der Waals surface area contributed by atoms with Gasteiger partial charge in [0.25, 0.3) is 0 Å². The number of hydrogen-bond donors (Lipinski definition) is 1. The van der Waals surface area contributed by atoms with Gasteiger partial charge in [-0.1, -0.05) is 31.8 Å². The monoisotopic (exact) mass is 249 g/mol. The SMILES string of the molecule is CC(C)CN(C)Cc1ccc(F)c(C#CCO)c1. The van der Waals surface area contributed by atoms with Gasteiger partial charge < -0.3 is 10.0 Å². The van der Waals surface area contributed by atoms with Crippen LogP contribution < -0.4 is 0 Å². The van der Waals surface area contributed by atoms with Crippen LogP contribution in [0.4, 0.5) is 4.39 Å². The van der Waals surface area contributed by atoms with E-state index in [-0.39, 0.29) is 12.4 Å². The lowest BCUT2D eigenvalue weighted by Gasteiger charge is -2.19. The van der Waals surface area contributed by atoms with Crippen molar-refractivity contribution in [2.75, 3.05) is 20.2 Å². The Morgan fingerprint density at radius 3 is 2.72 bits per heavy atom. The van der Waals surface area contributed by atoms with E-state index in [0.29, 0.717) is 11.5 Å². The minimum atomic E-state index is -0.341. The summed E-state index contributed by atoms with van der Waals surface area (Å²) >= 11 is 0. The molecule has 98 valence electrons. The summed E-state index contributed by atoms with van der Waals surface area (Å²) in [5, 5.41) is 8.63. The average molecular weight is 249 g/mol. The minimum absolute atomic E-state index is 0.253. The number of rotatable bonds is 4. The molecule has 0 heterocycles. The van der Waals surface area contributed by atoms with E-state index in [2.05, 4.69) is 30.6 Å².